The van der Waals surface area contributed by atoms with Gasteiger partial charge < -0.3 is 5.32 Å². The van der Waals surface area contributed by atoms with Gasteiger partial charge in [0.15, 0.2) is 0 Å². The van der Waals surface area contributed by atoms with Gasteiger partial charge in [-0.25, -0.2) is 4.68 Å². The normalized spacial score (nSPS) is 11.1. The van der Waals surface area contributed by atoms with E-state index in [1.165, 1.54) is 6.20 Å². The molecule has 0 unspecified atom stereocenters. The molecule has 104 valence electrons. The van der Waals surface area contributed by atoms with Gasteiger partial charge >= 0.3 is 6.18 Å². The highest BCUT2D eigenvalue weighted by Crippen LogP contribution is 2.19. The van der Waals surface area contributed by atoms with Crippen molar-refractivity contribution in [3.05, 3.63) is 21.0 Å². The van der Waals surface area contributed by atoms with E-state index in [1.54, 1.807) is 0 Å². The number of anilines is 1. The summed E-state index contributed by atoms with van der Waals surface area (Å²) in [5.74, 6) is 2.46. The summed E-state index contributed by atoms with van der Waals surface area (Å²) >= 11 is 2.96. The third-order valence-electron chi connectivity index (χ3n) is 2.13. The third kappa shape index (κ3) is 4.95. The molecule has 1 N–H and O–H groups in total. The Morgan fingerprint density at radius 2 is 2.21 bits per heavy atom. The number of terminal acetylenes is 1. The fraction of sp³-hybridized carbons (Fsp3) is 0.455. The lowest BCUT2D eigenvalue weighted by Gasteiger charge is -2.11. The molecule has 19 heavy (non-hydrogen) atoms. The van der Waals surface area contributed by atoms with Crippen molar-refractivity contribution in [3.63, 3.8) is 0 Å². The third-order valence-corrected chi connectivity index (χ3v) is 2.89. The van der Waals surface area contributed by atoms with Gasteiger partial charge in [-0.05, 0) is 22.4 Å². The van der Waals surface area contributed by atoms with Crippen LogP contribution in [0.5, 0.6) is 0 Å². The molecule has 1 aromatic heterocycles. The Morgan fingerprint density at radius 3 is 2.79 bits per heavy atom. The number of hydrogen-bond acceptors (Lipinski definition) is 3. The van der Waals surface area contributed by atoms with Gasteiger partial charge in [-0.15, -0.1) is 12.3 Å². The Balaban J connectivity index is 2.81. The molecule has 0 aromatic carbocycles. The van der Waals surface area contributed by atoms with Crippen LogP contribution in [0.25, 0.3) is 0 Å². The van der Waals surface area contributed by atoms with E-state index in [-0.39, 0.29) is 4.47 Å². The number of nitrogens with zero attached hydrogens (tertiary/aromatic N) is 2. The van der Waals surface area contributed by atoms with Gasteiger partial charge in [0.25, 0.3) is 5.56 Å². The predicted octanol–water partition coefficient (Wildman–Crippen LogP) is 2.39. The summed E-state index contributed by atoms with van der Waals surface area (Å²) in [5, 5.41) is 6.35. The number of hydrogen-bond donors (Lipinski definition) is 1. The second kappa shape index (κ2) is 6.61. The minimum atomic E-state index is -4.49. The van der Waals surface area contributed by atoms with E-state index in [2.05, 4.69) is 32.3 Å². The number of nitrogens with one attached hydrogen (secondary N) is 1. The van der Waals surface area contributed by atoms with Crippen LogP contribution in [0.15, 0.2) is 15.5 Å². The zero-order valence-electron chi connectivity index (χ0n) is 9.80. The first kappa shape index (κ1) is 15.6. The van der Waals surface area contributed by atoms with E-state index in [0.29, 0.717) is 29.8 Å². The Hall–Kier alpha value is -1.49. The molecule has 0 fully saturated rings. The lowest BCUT2D eigenvalue weighted by molar-refractivity contribution is -0.143. The van der Waals surface area contributed by atoms with Crippen molar-refractivity contribution in [1.82, 2.24) is 9.78 Å². The fourth-order valence-electron chi connectivity index (χ4n) is 1.28. The van der Waals surface area contributed by atoms with Gasteiger partial charge in [0.05, 0.1) is 11.9 Å². The van der Waals surface area contributed by atoms with Crippen LogP contribution in [0.3, 0.4) is 0 Å². The average Bonchev–Trinajstić information content (AvgIpc) is 2.31. The van der Waals surface area contributed by atoms with Crippen LogP contribution >= 0.6 is 15.9 Å². The van der Waals surface area contributed by atoms with E-state index in [4.69, 9.17) is 6.42 Å². The minimum absolute atomic E-state index is 0.0208. The van der Waals surface area contributed by atoms with Crippen LogP contribution in [-0.2, 0) is 6.54 Å². The molecule has 1 heterocycles. The summed E-state index contributed by atoms with van der Waals surface area (Å²) in [6.45, 7) is -0.908. The van der Waals surface area contributed by atoms with Crippen LogP contribution in [0.1, 0.15) is 12.8 Å². The van der Waals surface area contributed by atoms with Crippen molar-refractivity contribution in [1.29, 1.82) is 0 Å². The average molecular weight is 338 g/mol. The first-order valence-electron chi connectivity index (χ1n) is 5.35. The first-order chi connectivity index (χ1) is 8.85. The SMILES string of the molecule is C#CCCCNc1cnn(CC(F)(F)F)c(=O)c1Br. The molecule has 8 heteroatoms. The molecule has 0 aliphatic rings. The summed E-state index contributed by atoms with van der Waals surface area (Å²) in [7, 11) is 0. The maximum atomic E-state index is 12.2. The number of rotatable bonds is 5. The smallest absolute Gasteiger partial charge is 0.383 e. The molecule has 4 nitrogen and oxygen atoms in total. The number of alkyl halides is 3. The van der Waals surface area contributed by atoms with Crippen LogP contribution in [-0.4, -0.2) is 22.5 Å². The highest BCUT2D eigenvalue weighted by molar-refractivity contribution is 9.10. The van der Waals surface area contributed by atoms with Crippen molar-refractivity contribution < 1.29 is 13.2 Å². The van der Waals surface area contributed by atoms with E-state index >= 15 is 0 Å². The first-order valence-corrected chi connectivity index (χ1v) is 6.14. The van der Waals surface area contributed by atoms with Crippen molar-refractivity contribution in [3.8, 4) is 12.3 Å². The molecule has 0 saturated carbocycles. The molecule has 0 radical (unpaired) electrons. The molecule has 0 saturated heterocycles. The standard InChI is InChI=1S/C11H11BrF3N3O/c1-2-3-4-5-16-8-6-17-18(7-11(13,14)15)10(19)9(8)12/h1,6,16H,3-5,7H2. The molecular weight excluding hydrogens is 327 g/mol. The zero-order valence-corrected chi connectivity index (χ0v) is 11.4. The van der Waals surface area contributed by atoms with Crippen molar-refractivity contribution in [2.75, 3.05) is 11.9 Å². The van der Waals surface area contributed by atoms with Gasteiger partial charge in [-0.1, -0.05) is 0 Å². The molecule has 0 aliphatic heterocycles. The number of aromatic nitrogens is 2. The van der Waals surface area contributed by atoms with E-state index < -0.39 is 18.3 Å². The monoisotopic (exact) mass is 337 g/mol. The maximum absolute atomic E-state index is 12.2. The molecule has 1 rings (SSSR count). The summed E-state index contributed by atoms with van der Waals surface area (Å²) < 4.78 is 37.0. The van der Waals surface area contributed by atoms with Crippen molar-refractivity contribution in [2.45, 2.75) is 25.6 Å². The Kier molecular flexibility index (Phi) is 5.42. The predicted molar refractivity (Wildman–Crippen MR) is 68.8 cm³/mol. The van der Waals surface area contributed by atoms with E-state index in [9.17, 15) is 18.0 Å². The van der Waals surface area contributed by atoms with Gasteiger partial charge in [0, 0.05) is 13.0 Å². The Bertz CT molecular complexity index is 533. The highest BCUT2D eigenvalue weighted by Gasteiger charge is 2.29. The molecule has 0 aliphatic carbocycles. The molecule has 0 bridgehead atoms. The fourth-order valence-corrected chi connectivity index (χ4v) is 1.73. The minimum Gasteiger partial charge on any atom is -0.383 e. The van der Waals surface area contributed by atoms with E-state index in [1.807, 2.05) is 0 Å². The number of halogens is 4. The molecule has 0 amide bonds. The molecule has 0 atom stereocenters. The number of unbranched alkanes of at least 4 members (excludes halogenated alkanes) is 1. The lowest BCUT2D eigenvalue weighted by Crippen LogP contribution is -2.31. The van der Waals surface area contributed by atoms with Crippen molar-refractivity contribution in [2.24, 2.45) is 0 Å². The van der Waals surface area contributed by atoms with Crippen LogP contribution < -0.4 is 10.9 Å². The maximum Gasteiger partial charge on any atom is 0.408 e. The van der Waals surface area contributed by atoms with Gasteiger partial charge in [-0.2, -0.15) is 18.3 Å². The van der Waals surface area contributed by atoms with Crippen LogP contribution in [0.4, 0.5) is 18.9 Å². The second-order valence-electron chi connectivity index (χ2n) is 3.68. The van der Waals surface area contributed by atoms with Crippen molar-refractivity contribution >= 4 is 21.6 Å². The quantitative estimate of drug-likeness (QED) is 0.663. The van der Waals surface area contributed by atoms with Crippen LogP contribution in [0.2, 0.25) is 0 Å². The summed E-state index contributed by atoms with van der Waals surface area (Å²) in [6.07, 6.45) is 3.03. The largest absolute Gasteiger partial charge is 0.408 e. The summed E-state index contributed by atoms with van der Waals surface area (Å²) in [4.78, 5) is 11.6. The molecule has 0 spiro atoms. The summed E-state index contributed by atoms with van der Waals surface area (Å²) in [6, 6.07) is 0. The second-order valence-corrected chi connectivity index (χ2v) is 4.48. The van der Waals surface area contributed by atoms with Gasteiger partial charge in [0.1, 0.15) is 11.0 Å². The van der Waals surface area contributed by atoms with Gasteiger partial charge in [0.2, 0.25) is 0 Å². The zero-order chi connectivity index (χ0) is 14.5. The van der Waals surface area contributed by atoms with E-state index in [0.717, 1.165) is 0 Å². The van der Waals surface area contributed by atoms with Crippen LogP contribution in [0, 0.1) is 12.3 Å². The molecule has 1 aromatic rings. The topological polar surface area (TPSA) is 46.9 Å². The summed E-state index contributed by atoms with van der Waals surface area (Å²) in [5.41, 5.74) is -0.486. The Morgan fingerprint density at radius 1 is 1.53 bits per heavy atom. The Labute approximate surface area is 116 Å². The molecular formula is C11H11BrF3N3O. The van der Waals surface area contributed by atoms with Gasteiger partial charge in [-0.3, -0.25) is 4.79 Å². The lowest BCUT2D eigenvalue weighted by atomic mass is 10.3. The highest BCUT2D eigenvalue weighted by atomic mass is 79.9.